The van der Waals surface area contributed by atoms with Crippen LogP contribution in [0.1, 0.15) is 0 Å². The minimum absolute atomic E-state index is 0.821. The Hall–Kier alpha value is -9.60. The van der Waals surface area contributed by atoms with Crippen LogP contribution >= 0.6 is 0 Å². The number of benzene rings is 10. The van der Waals surface area contributed by atoms with Crippen molar-refractivity contribution in [2.75, 3.05) is 9.80 Å². The Balaban J connectivity index is 1.02. The normalized spacial score (nSPS) is 11.5. The van der Waals surface area contributed by atoms with E-state index in [1.807, 2.05) is 57.9 Å². The van der Waals surface area contributed by atoms with Gasteiger partial charge in [0.1, 0.15) is 11.0 Å². The highest BCUT2D eigenvalue weighted by Gasteiger charge is 2.21. The monoisotopic (exact) mass is 887 g/mol. The number of para-hydroxylation sites is 6. The van der Waals surface area contributed by atoms with Crippen molar-refractivity contribution in [2.24, 2.45) is 0 Å². The van der Waals surface area contributed by atoms with Crippen LogP contribution in [-0.4, -0.2) is 34.6 Å². The van der Waals surface area contributed by atoms with E-state index in [9.17, 15) is 0 Å². The second kappa shape index (κ2) is 16.7. The van der Waals surface area contributed by atoms with Gasteiger partial charge < -0.3 is 14.4 Å². The lowest BCUT2D eigenvalue weighted by Crippen LogP contribution is -2.09. The summed E-state index contributed by atoms with van der Waals surface area (Å²) in [6.07, 6.45) is 0. The number of hydrogen-bond donors (Lipinski definition) is 0. The molecule has 0 spiro atoms. The summed E-state index contributed by atoms with van der Waals surface area (Å²) in [6, 6.07) is 87.4. The lowest BCUT2D eigenvalue weighted by molar-refractivity contribution is 0.807. The second-order valence-corrected chi connectivity index (χ2v) is 17.0. The van der Waals surface area contributed by atoms with Gasteiger partial charge in [-0.3, -0.25) is 0 Å². The van der Waals surface area contributed by atoms with Crippen molar-refractivity contribution >= 4 is 78.0 Å². The highest BCUT2D eigenvalue weighted by atomic mass is 15.4. The molecule has 69 heavy (non-hydrogen) atoms. The predicted molar refractivity (Wildman–Crippen MR) is 280 cm³/mol. The molecule has 0 aliphatic carbocycles. The van der Waals surface area contributed by atoms with Crippen LogP contribution in [0.2, 0.25) is 0 Å². The van der Waals surface area contributed by atoms with Gasteiger partial charge in [-0.25, -0.2) is 9.36 Å². The van der Waals surface area contributed by atoms with Crippen LogP contribution in [0.15, 0.2) is 249 Å². The van der Waals surface area contributed by atoms with Gasteiger partial charge in [0.25, 0.3) is 0 Å². The first-order chi connectivity index (χ1) is 34.2. The summed E-state index contributed by atoms with van der Waals surface area (Å²) >= 11 is 0. The summed E-state index contributed by atoms with van der Waals surface area (Å²) in [7, 11) is 0. The van der Waals surface area contributed by atoms with Crippen LogP contribution in [0.5, 0.6) is 0 Å². The molecule has 0 radical (unpaired) electrons. The van der Waals surface area contributed by atoms with Crippen LogP contribution in [-0.2, 0) is 0 Å². The third kappa shape index (κ3) is 7.04. The molecule has 0 N–H and O–H groups in total. The van der Waals surface area contributed by atoms with Gasteiger partial charge in [0.05, 0.1) is 33.4 Å². The van der Waals surface area contributed by atoms with E-state index >= 15 is 0 Å². The maximum atomic E-state index is 4.64. The maximum Gasteiger partial charge on any atom is 0.113 e. The van der Waals surface area contributed by atoms with Gasteiger partial charge in [-0.1, -0.05) is 120 Å². The smallest absolute Gasteiger partial charge is 0.113 e. The van der Waals surface area contributed by atoms with Crippen molar-refractivity contribution in [1.29, 1.82) is 0 Å². The quantitative estimate of drug-likeness (QED) is 0.136. The van der Waals surface area contributed by atoms with E-state index in [1.165, 1.54) is 0 Å². The Morgan fingerprint density at radius 2 is 0.681 bits per heavy atom. The summed E-state index contributed by atoms with van der Waals surface area (Å²) in [5, 5.41) is 20.6. The average molecular weight is 888 g/mol. The second-order valence-electron chi connectivity index (χ2n) is 17.0. The van der Waals surface area contributed by atoms with E-state index in [-0.39, 0.29) is 0 Å². The first-order valence-electron chi connectivity index (χ1n) is 23.0. The Morgan fingerprint density at radius 1 is 0.275 bits per heavy atom. The number of nitrogens with zero attached hydrogens (tertiary/aromatic N) is 9. The van der Waals surface area contributed by atoms with Gasteiger partial charge in [0, 0.05) is 50.6 Å². The molecular weight excluding hydrogens is 847 g/mol. The summed E-state index contributed by atoms with van der Waals surface area (Å²) < 4.78 is 6.19. The van der Waals surface area contributed by atoms with Crippen molar-refractivity contribution < 1.29 is 0 Å². The fourth-order valence-corrected chi connectivity index (χ4v) is 9.71. The van der Waals surface area contributed by atoms with Crippen LogP contribution in [0.4, 0.5) is 34.1 Å². The minimum Gasteiger partial charge on any atom is -0.310 e. The number of aromatic nitrogens is 7. The Bertz CT molecular complexity index is 3660. The summed E-state index contributed by atoms with van der Waals surface area (Å²) in [5.41, 5.74) is 16.9. The van der Waals surface area contributed by atoms with Crippen LogP contribution in [0.3, 0.4) is 0 Å². The molecule has 3 heterocycles. The van der Waals surface area contributed by atoms with Gasteiger partial charge in [0.2, 0.25) is 0 Å². The molecule has 0 amide bonds. The summed E-state index contributed by atoms with van der Waals surface area (Å²) in [4.78, 5) is 4.66. The molecule has 0 aliphatic heterocycles. The molecule has 0 aliphatic rings. The number of anilines is 6. The van der Waals surface area contributed by atoms with Gasteiger partial charge in [-0.15, -0.1) is 10.2 Å². The molecule has 0 saturated carbocycles. The fourth-order valence-electron chi connectivity index (χ4n) is 9.71. The zero-order chi connectivity index (χ0) is 45.7. The van der Waals surface area contributed by atoms with Crippen LogP contribution in [0.25, 0.3) is 72.1 Å². The average Bonchev–Trinajstić information content (AvgIpc) is 4.14. The highest BCUT2D eigenvalue weighted by molar-refractivity contribution is 6.12. The van der Waals surface area contributed by atoms with Crippen LogP contribution < -0.4 is 9.80 Å². The molecule has 3 aromatic heterocycles. The third-order valence-corrected chi connectivity index (χ3v) is 12.8. The molecular formula is C60H41N9. The molecule has 0 unspecified atom stereocenters. The summed E-state index contributed by atoms with van der Waals surface area (Å²) in [6.45, 7) is 0. The third-order valence-electron chi connectivity index (χ3n) is 12.8. The van der Waals surface area contributed by atoms with Crippen molar-refractivity contribution in [1.82, 2.24) is 34.6 Å². The molecule has 13 aromatic rings. The van der Waals surface area contributed by atoms with Crippen molar-refractivity contribution in [2.45, 2.75) is 0 Å². The molecule has 13 rings (SSSR count). The topological polar surface area (TPSA) is 72.8 Å². The predicted octanol–water partition coefficient (Wildman–Crippen LogP) is 14.9. The van der Waals surface area contributed by atoms with E-state index in [0.717, 1.165) is 106 Å². The van der Waals surface area contributed by atoms with E-state index in [4.69, 9.17) is 0 Å². The Morgan fingerprint density at radius 3 is 1.13 bits per heavy atom. The molecule has 9 nitrogen and oxygen atoms in total. The molecule has 0 fully saturated rings. The highest BCUT2D eigenvalue weighted by Crippen LogP contribution is 2.43. The van der Waals surface area contributed by atoms with Gasteiger partial charge >= 0.3 is 0 Å². The van der Waals surface area contributed by atoms with Crippen molar-refractivity contribution in [3.63, 3.8) is 0 Å². The largest absolute Gasteiger partial charge is 0.310 e. The first-order valence-corrected chi connectivity index (χ1v) is 23.0. The van der Waals surface area contributed by atoms with Gasteiger partial charge in [-0.2, -0.15) is 0 Å². The number of fused-ring (bicyclic) bond motifs is 5. The van der Waals surface area contributed by atoms with Gasteiger partial charge in [-0.05, 0) is 151 Å². The SMILES string of the molecule is c1ccc(N(c2ccccc2)c2ccc3c(c2)c2cc(N(c4ccccc4)c4ccccc4)ccc2n3-c2cccc(-c3cc(-n4nnc5ccccc54)cc(-n4nnc5ccccc54)c3)c2)cc1. The maximum absolute atomic E-state index is 4.64. The summed E-state index contributed by atoms with van der Waals surface area (Å²) in [5.74, 6) is 0. The molecule has 0 atom stereocenters. The number of hydrogen-bond acceptors (Lipinski definition) is 6. The van der Waals surface area contributed by atoms with E-state index < -0.39 is 0 Å². The molecule has 0 saturated heterocycles. The van der Waals surface area contributed by atoms with E-state index in [1.54, 1.807) is 0 Å². The fraction of sp³-hybridized carbons (Fsp3) is 0. The Labute approximate surface area is 397 Å². The zero-order valence-corrected chi connectivity index (χ0v) is 37.2. The zero-order valence-electron chi connectivity index (χ0n) is 37.2. The molecule has 0 bridgehead atoms. The standard InChI is InChI=1S/C60H41N9/c1-5-19-44(20-6-1)65(45-21-7-2-8-22-45)49-32-34-57-53(40-49)54-41-50(66(46-23-9-3-10-24-46)47-25-11-4-12-26-47)33-35-58(54)67(57)48-27-17-18-42(36-48)43-37-51(68-59-30-15-13-28-55(59)61-63-68)39-52(38-43)69-60-31-16-14-29-56(60)62-64-69/h1-41H. The molecule has 10 aromatic carbocycles. The van der Waals surface area contributed by atoms with Crippen LogP contribution in [0, 0.1) is 0 Å². The lowest BCUT2D eigenvalue weighted by Gasteiger charge is -2.26. The minimum atomic E-state index is 0.821. The van der Waals surface area contributed by atoms with Crippen molar-refractivity contribution in [3.05, 3.63) is 249 Å². The first kappa shape index (κ1) is 39.7. The molecule has 326 valence electrons. The van der Waals surface area contributed by atoms with E-state index in [2.05, 4.69) is 235 Å². The van der Waals surface area contributed by atoms with E-state index in [0.29, 0.717) is 0 Å². The lowest BCUT2D eigenvalue weighted by atomic mass is 10.0. The van der Waals surface area contributed by atoms with Crippen molar-refractivity contribution in [3.8, 4) is 28.2 Å². The van der Waals surface area contributed by atoms with Gasteiger partial charge in [0.15, 0.2) is 0 Å². The number of rotatable bonds is 10. The Kier molecular flexibility index (Phi) is 9.61. The molecule has 9 heteroatoms.